The molecule has 1 unspecified atom stereocenters. The number of aryl methyl sites for hydroxylation is 1. The Morgan fingerprint density at radius 3 is 2.38 bits per heavy atom. The van der Waals surface area contributed by atoms with Crippen molar-refractivity contribution in [2.24, 2.45) is 0 Å². The largest absolute Gasteiger partial charge is 0.481 e. The van der Waals surface area contributed by atoms with E-state index in [1.807, 2.05) is 13.0 Å². The second kappa shape index (κ2) is 7.97. The highest BCUT2D eigenvalue weighted by Crippen LogP contribution is 2.23. The lowest BCUT2D eigenvalue weighted by molar-refractivity contribution is -0.122. The Labute approximate surface area is 158 Å². The van der Waals surface area contributed by atoms with Crippen LogP contribution in [0.15, 0.2) is 42.5 Å². The maximum absolute atomic E-state index is 12.3. The van der Waals surface area contributed by atoms with Crippen LogP contribution in [0.1, 0.15) is 12.5 Å². The third kappa shape index (κ3) is 5.12. The summed E-state index contributed by atoms with van der Waals surface area (Å²) in [6.07, 6.45) is 0.383. The van der Waals surface area contributed by atoms with E-state index in [2.05, 4.69) is 5.32 Å². The van der Waals surface area contributed by atoms with E-state index in [9.17, 15) is 13.2 Å². The summed E-state index contributed by atoms with van der Waals surface area (Å²) in [6, 6.07) is 11.7. The van der Waals surface area contributed by atoms with Gasteiger partial charge in [-0.15, -0.1) is 0 Å². The second-order valence-corrected chi connectivity index (χ2v) is 8.38. The molecule has 1 amide bonds. The van der Waals surface area contributed by atoms with Crippen molar-refractivity contribution < 1.29 is 17.9 Å². The third-order valence-corrected chi connectivity index (χ3v) is 5.28. The molecular weight excluding hydrogens is 376 g/mol. The zero-order valence-corrected chi connectivity index (χ0v) is 16.6. The molecule has 0 fully saturated rings. The van der Waals surface area contributed by atoms with Gasteiger partial charge < -0.3 is 10.1 Å². The Kier molecular flexibility index (Phi) is 6.15. The molecule has 0 saturated carbocycles. The molecule has 2 aromatic carbocycles. The normalized spacial score (nSPS) is 12.3. The molecule has 2 aromatic rings. The highest BCUT2D eigenvalue weighted by atomic mass is 35.5. The van der Waals surface area contributed by atoms with Gasteiger partial charge in [-0.1, -0.05) is 17.7 Å². The van der Waals surface area contributed by atoms with Gasteiger partial charge in [-0.05, 0) is 55.8 Å². The minimum absolute atomic E-state index is 0.312. The number of amides is 1. The number of benzene rings is 2. The molecule has 0 bridgehead atoms. The Morgan fingerprint density at radius 2 is 1.81 bits per heavy atom. The Balaban J connectivity index is 2.04. The van der Waals surface area contributed by atoms with Crippen LogP contribution in [0.5, 0.6) is 5.75 Å². The smallest absolute Gasteiger partial charge is 0.265 e. The molecule has 8 heteroatoms. The summed E-state index contributed by atoms with van der Waals surface area (Å²) in [5, 5.41) is 3.32. The van der Waals surface area contributed by atoms with Crippen molar-refractivity contribution in [3.05, 3.63) is 53.1 Å². The number of nitrogens with zero attached hydrogens (tertiary/aromatic N) is 1. The van der Waals surface area contributed by atoms with Gasteiger partial charge in [0.25, 0.3) is 5.91 Å². The maximum atomic E-state index is 12.3. The number of ether oxygens (including phenoxy) is 1. The number of hydrogen-bond donors (Lipinski definition) is 1. The van der Waals surface area contributed by atoms with Crippen LogP contribution in [0.2, 0.25) is 5.02 Å². The van der Waals surface area contributed by atoms with Crippen molar-refractivity contribution in [3.8, 4) is 5.75 Å². The summed E-state index contributed by atoms with van der Waals surface area (Å²) < 4.78 is 29.9. The summed E-state index contributed by atoms with van der Waals surface area (Å²) >= 11 is 5.95. The summed E-state index contributed by atoms with van der Waals surface area (Å²) in [4.78, 5) is 12.3. The number of nitrogens with one attached hydrogen (secondary N) is 1. The first-order valence-electron chi connectivity index (χ1n) is 7.85. The van der Waals surface area contributed by atoms with Crippen molar-refractivity contribution >= 4 is 38.9 Å². The van der Waals surface area contributed by atoms with E-state index in [1.165, 1.54) is 7.05 Å². The molecule has 0 spiro atoms. The third-order valence-electron chi connectivity index (χ3n) is 3.84. The van der Waals surface area contributed by atoms with Gasteiger partial charge in [0.05, 0.1) is 11.9 Å². The van der Waals surface area contributed by atoms with E-state index in [1.54, 1.807) is 43.3 Å². The van der Waals surface area contributed by atoms with Gasteiger partial charge in [-0.2, -0.15) is 0 Å². The molecule has 2 rings (SSSR count). The van der Waals surface area contributed by atoms with Crippen molar-refractivity contribution in [2.45, 2.75) is 20.0 Å². The SMILES string of the molecule is Cc1ccc(Cl)cc1NC(=O)C(C)Oc1ccc(N(C)S(C)(=O)=O)cc1. The number of halogens is 1. The fourth-order valence-electron chi connectivity index (χ4n) is 2.15. The Bertz CT molecular complexity index is 898. The number of carbonyl (C=O) groups is 1. The van der Waals surface area contributed by atoms with Crippen LogP contribution in [0.25, 0.3) is 0 Å². The number of sulfonamides is 1. The van der Waals surface area contributed by atoms with Gasteiger partial charge in [0.2, 0.25) is 10.0 Å². The minimum Gasteiger partial charge on any atom is -0.481 e. The summed E-state index contributed by atoms with van der Waals surface area (Å²) in [6.45, 7) is 3.50. The van der Waals surface area contributed by atoms with Crippen LogP contribution >= 0.6 is 11.6 Å². The van der Waals surface area contributed by atoms with E-state index in [0.29, 0.717) is 22.1 Å². The summed E-state index contributed by atoms with van der Waals surface area (Å²) in [5.74, 6) is 0.147. The number of hydrogen-bond acceptors (Lipinski definition) is 4. The van der Waals surface area contributed by atoms with Crippen molar-refractivity contribution in [1.29, 1.82) is 0 Å². The predicted octanol–water partition coefficient (Wildman–Crippen LogP) is 3.45. The molecule has 0 aliphatic heterocycles. The minimum atomic E-state index is -3.33. The van der Waals surface area contributed by atoms with Gasteiger partial charge in [0.15, 0.2) is 6.10 Å². The van der Waals surface area contributed by atoms with Gasteiger partial charge in [-0.25, -0.2) is 8.42 Å². The average Bonchev–Trinajstić information content (AvgIpc) is 2.57. The molecule has 6 nitrogen and oxygen atoms in total. The van der Waals surface area contributed by atoms with Crippen LogP contribution in [0.3, 0.4) is 0 Å². The van der Waals surface area contributed by atoms with Crippen LogP contribution in [-0.4, -0.2) is 33.7 Å². The number of rotatable bonds is 6. The van der Waals surface area contributed by atoms with Crippen molar-refractivity contribution in [3.63, 3.8) is 0 Å². The molecule has 0 aliphatic carbocycles. The van der Waals surface area contributed by atoms with Crippen molar-refractivity contribution in [2.75, 3.05) is 22.9 Å². The number of anilines is 2. The van der Waals surface area contributed by atoms with E-state index in [4.69, 9.17) is 16.3 Å². The monoisotopic (exact) mass is 396 g/mol. The van der Waals surface area contributed by atoms with Gasteiger partial charge in [0, 0.05) is 17.8 Å². The topological polar surface area (TPSA) is 75.7 Å². The Morgan fingerprint density at radius 1 is 1.19 bits per heavy atom. The quantitative estimate of drug-likeness (QED) is 0.811. The van der Waals surface area contributed by atoms with E-state index < -0.39 is 16.1 Å². The predicted molar refractivity (Wildman–Crippen MR) is 105 cm³/mol. The molecule has 0 aromatic heterocycles. The summed E-state index contributed by atoms with van der Waals surface area (Å²) in [5.41, 5.74) is 2.03. The van der Waals surface area contributed by atoms with Gasteiger partial charge in [-0.3, -0.25) is 9.10 Å². The Hall–Kier alpha value is -2.25. The van der Waals surface area contributed by atoms with Crippen LogP contribution in [-0.2, 0) is 14.8 Å². The summed E-state index contributed by atoms with van der Waals surface area (Å²) in [7, 11) is -1.86. The van der Waals surface area contributed by atoms with E-state index in [0.717, 1.165) is 16.1 Å². The lowest BCUT2D eigenvalue weighted by atomic mass is 10.2. The molecule has 0 radical (unpaired) electrons. The van der Waals surface area contributed by atoms with Crippen LogP contribution in [0.4, 0.5) is 11.4 Å². The maximum Gasteiger partial charge on any atom is 0.265 e. The molecule has 1 N–H and O–H groups in total. The second-order valence-electron chi connectivity index (χ2n) is 5.93. The van der Waals surface area contributed by atoms with Gasteiger partial charge >= 0.3 is 0 Å². The fourth-order valence-corrected chi connectivity index (χ4v) is 2.82. The van der Waals surface area contributed by atoms with Crippen LogP contribution in [0, 0.1) is 6.92 Å². The molecule has 140 valence electrons. The molecular formula is C18H21ClN2O4S. The lowest BCUT2D eigenvalue weighted by Gasteiger charge is -2.18. The van der Waals surface area contributed by atoms with E-state index >= 15 is 0 Å². The number of carbonyl (C=O) groups excluding carboxylic acids is 1. The van der Waals surface area contributed by atoms with Crippen molar-refractivity contribution in [1.82, 2.24) is 0 Å². The average molecular weight is 397 g/mol. The van der Waals surface area contributed by atoms with Crippen LogP contribution < -0.4 is 14.4 Å². The highest BCUT2D eigenvalue weighted by molar-refractivity contribution is 7.92. The highest BCUT2D eigenvalue weighted by Gasteiger charge is 2.17. The lowest BCUT2D eigenvalue weighted by Crippen LogP contribution is -2.30. The van der Waals surface area contributed by atoms with E-state index in [-0.39, 0.29) is 5.91 Å². The molecule has 0 aliphatic rings. The zero-order valence-electron chi connectivity index (χ0n) is 15.0. The first-order chi connectivity index (χ1) is 12.1. The first kappa shape index (κ1) is 20.1. The zero-order chi connectivity index (χ0) is 19.5. The molecule has 0 saturated heterocycles. The first-order valence-corrected chi connectivity index (χ1v) is 10.1. The fraction of sp³-hybridized carbons (Fsp3) is 0.278. The standard InChI is InChI=1S/C18H21ClN2O4S/c1-12-5-6-14(19)11-17(12)20-18(22)13(2)25-16-9-7-15(8-10-16)21(3)26(4,23)24/h5-11,13H,1-4H3,(H,20,22). The molecule has 1 atom stereocenters. The molecule has 0 heterocycles. The molecule has 26 heavy (non-hydrogen) atoms. The van der Waals surface area contributed by atoms with Gasteiger partial charge in [0.1, 0.15) is 5.75 Å².